The first-order valence-corrected chi connectivity index (χ1v) is 6.91. The summed E-state index contributed by atoms with van der Waals surface area (Å²) in [6.07, 6.45) is 5.43. The van der Waals surface area contributed by atoms with E-state index in [9.17, 15) is 14.8 Å². The van der Waals surface area contributed by atoms with Crippen LogP contribution in [0.5, 0.6) is 0 Å². The predicted octanol–water partition coefficient (Wildman–Crippen LogP) is 3.90. The van der Waals surface area contributed by atoms with Crippen molar-refractivity contribution in [1.82, 2.24) is 0 Å². The molecule has 0 bridgehead atoms. The summed E-state index contributed by atoms with van der Waals surface area (Å²) in [6.45, 7) is 1.65. The number of rotatable bonds is 2. The summed E-state index contributed by atoms with van der Waals surface area (Å²) >= 11 is 0. The van der Waals surface area contributed by atoms with Crippen LogP contribution in [0.2, 0.25) is 0 Å². The molecule has 0 aliphatic heterocycles. The van der Waals surface area contributed by atoms with Crippen molar-refractivity contribution in [1.29, 1.82) is 5.26 Å². The number of halogens is 1. The van der Waals surface area contributed by atoms with Crippen molar-refractivity contribution in [2.75, 3.05) is 0 Å². The fourth-order valence-electron chi connectivity index (χ4n) is 3.11. The van der Waals surface area contributed by atoms with Crippen LogP contribution in [0.4, 0.5) is 4.39 Å². The Morgan fingerprint density at radius 2 is 1.89 bits per heavy atom. The average molecular weight is 261 g/mol. The molecule has 0 heterocycles. The van der Waals surface area contributed by atoms with Gasteiger partial charge in [0.2, 0.25) is 0 Å². The van der Waals surface area contributed by atoms with Crippen LogP contribution in [0.25, 0.3) is 0 Å². The molecule has 0 aromatic heterocycles. The Balaban J connectivity index is 2.43. The largest absolute Gasteiger partial charge is 0.384 e. The second-order valence-corrected chi connectivity index (χ2v) is 5.69. The zero-order valence-corrected chi connectivity index (χ0v) is 11.3. The van der Waals surface area contributed by atoms with Gasteiger partial charge in [0.15, 0.2) is 0 Å². The summed E-state index contributed by atoms with van der Waals surface area (Å²) in [5.74, 6) is -0.375. The molecule has 1 aliphatic carbocycles. The van der Waals surface area contributed by atoms with Crippen LogP contribution in [-0.2, 0) is 5.60 Å². The highest BCUT2D eigenvalue weighted by molar-refractivity contribution is 5.28. The number of aliphatic hydroxyl groups is 1. The van der Waals surface area contributed by atoms with Crippen molar-refractivity contribution in [2.24, 2.45) is 5.41 Å². The first kappa shape index (κ1) is 14.0. The lowest BCUT2D eigenvalue weighted by molar-refractivity contribution is -0.0535. The van der Waals surface area contributed by atoms with Crippen LogP contribution >= 0.6 is 0 Å². The zero-order chi connectivity index (χ0) is 13.9. The van der Waals surface area contributed by atoms with Crippen molar-refractivity contribution in [2.45, 2.75) is 51.0 Å². The van der Waals surface area contributed by atoms with Crippen molar-refractivity contribution >= 4 is 0 Å². The normalized spacial score (nSPS) is 22.0. The maximum atomic E-state index is 13.4. The Hall–Kier alpha value is -1.40. The fourth-order valence-corrected chi connectivity index (χ4v) is 3.11. The molecule has 1 aromatic rings. The highest BCUT2D eigenvalue weighted by Gasteiger charge is 2.48. The fraction of sp³-hybridized carbons (Fsp3) is 0.562. The second-order valence-electron chi connectivity index (χ2n) is 5.69. The third kappa shape index (κ3) is 2.50. The quantitative estimate of drug-likeness (QED) is 0.821. The van der Waals surface area contributed by atoms with E-state index in [4.69, 9.17) is 0 Å². The minimum atomic E-state index is -1.31. The predicted molar refractivity (Wildman–Crippen MR) is 71.7 cm³/mol. The minimum absolute atomic E-state index is 0.375. The molecule has 3 heteroatoms. The van der Waals surface area contributed by atoms with Gasteiger partial charge >= 0.3 is 0 Å². The summed E-state index contributed by atoms with van der Waals surface area (Å²) < 4.78 is 13.4. The number of nitrogens with zero attached hydrogens (tertiary/aromatic N) is 1. The second kappa shape index (κ2) is 5.30. The van der Waals surface area contributed by atoms with Crippen LogP contribution in [0.3, 0.4) is 0 Å². The Morgan fingerprint density at radius 3 is 2.42 bits per heavy atom. The molecule has 1 saturated carbocycles. The van der Waals surface area contributed by atoms with Crippen LogP contribution in [0, 0.1) is 22.6 Å². The molecule has 2 rings (SSSR count). The van der Waals surface area contributed by atoms with Gasteiger partial charge in [-0.05, 0) is 37.5 Å². The van der Waals surface area contributed by atoms with Crippen LogP contribution < -0.4 is 0 Å². The van der Waals surface area contributed by atoms with E-state index in [1.165, 1.54) is 12.1 Å². The molecule has 19 heavy (non-hydrogen) atoms. The molecular formula is C16H20FNO. The van der Waals surface area contributed by atoms with E-state index in [0.29, 0.717) is 18.4 Å². The van der Waals surface area contributed by atoms with Gasteiger partial charge in [0.05, 0.1) is 11.5 Å². The SMILES string of the molecule is CC(O)(c1cccc(F)c1)C1(C#N)CCCCCC1. The van der Waals surface area contributed by atoms with Crippen molar-refractivity contribution in [3.05, 3.63) is 35.6 Å². The Bertz CT molecular complexity index is 482. The van der Waals surface area contributed by atoms with E-state index in [1.807, 2.05) is 0 Å². The molecule has 1 aliphatic rings. The van der Waals surface area contributed by atoms with Gasteiger partial charge < -0.3 is 5.11 Å². The van der Waals surface area contributed by atoms with E-state index < -0.39 is 11.0 Å². The molecule has 2 nitrogen and oxygen atoms in total. The molecule has 0 radical (unpaired) electrons. The van der Waals surface area contributed by atoms with Crippen molar-refractivity contribution in [3.8, 4) is 6.07 Å². The lowest BCUT2D eigenvalue weighted by Crippen LogP contribution is -2.42. The molecule has 1 atom stereocenters. The zero-order valence-electron chi connectivity index (χ0n) is 11.3. The van der Waals surface area contributed by atoms with Gasteiger partial charge in [-0.3, -0.25) is 0 Å². The molecule has 1 N–H and O–H groups in total. The van der Waals surface area contributed by atoms with Gasteiger partial charge in [0.25, 0.3) is 0 Å². The number of hydrogen-bond acceptors (Lipinski definition) is 2. The average Bonchev–Trinajstić information content (AvgIpc) is 2.65. The molecule has 0 spiro atoms. The Kier molecular flexibility index (Phi) is 3.91. The van der Waals surface area contributed by atoms with E-state index in [0.717, 1.165) is 25.7 Å². The number of benzene rings is 1. The molecule has 0 saturated heterocycles. The number of hydrogen-bond donors (Lipinski definition) is 1. The van der Waals surface area contributed by atoms with Gasteiger partial charge in [-0.15, -0.1) is 0 Å². The lowest BCUT2D eigenvalue weighted by Gasteiger charge is -2.40. The third-order valence-corrected chi connectivity index (χ3v) is 4.49. The number of nitriles is 1. The Labute approximate surface area is 113 Å². The van der Waals surface area contributed by atoms with Crippen molar-refractivity contribution < 1.29 is 9.50 Å². The van der Waals surface area contributed by atoms with E-state index >= 15 is 0 Å². The van der Waals surface area contributed by atoms with Crippen LogP contribution in [0.15, 0.2) is 24.3 Å². The highest BCUT2D eigenvalue weighted by Crippen LogP contribution is 2.48. The topological polar surface area (TPSA) is 44.0 Å². The Morgan fingerprint density at radius 1 is 1.26 bits per heavy atom. The summed E-state index contributed by atoms with van der Waals surface area (Å²) in [5, 5.41) is 20.6. The van der Waals surface area contributed by atoms with Gasteiger partial charge in [-0.1, -0.05) is 37.8 Å². The summed E-state index contributed by atoms with van der Waals surface area (Å²) in [5.41, 5.74) is -1.62. The van der Waals surface area contributed by atoms with Gasteiger partial charge in [-0.25, -0.2) is 4.39 Å². The molecule has 102 valence electrons. The molecule has 0 amide bonds. The summed E-state index contributed by atoms with van der Waals surface area (Å²) in [7, 11) is 0. The molecule has 1 unspecified atom stereocenters. The smallest absolute Gasteiger partial charge is 0.123 e. The third-order valence-electron chi connectivity index (χ3n) is 4.49. The van der Waals surface area contributed by atoms with Gasteiger partial charge in [0, 0.05) is 0 Å². The van der Waals surface area contributed by atoms with Crippen molar-refractivity contribution in [3.63, 3.8) is 0 Å². The van der Waals surface area contributed by atoms with E-state index in [2.05, 4.69) is 6.07 Å². The van der Waals surface area contributed by atoms with Gasteiger partial charge in [0.1, 0.15) is 11.4 Å². The maximum absolute atomic E-state index is 13.4. The summed E-state index contributed by atoms with van der Waals surface area (Å²) in [6, 6.07) is 8.32. The van der Waals surface area contributed by atoms with E-state index in [1.54, 1.807) is 19.1 Å². The highest BCUT2D eigenvalue weighted by atomic mass is 19.1. The lowest BCUT2D eigenvalue weighted by atomic mass is 9.66. The standard InChI is InChI=1S/C16H20FNO/c1-15(19,13-7-6-8-14(17)11-13)16(12-18)9-4-2-3-5-10-16/h6-8,11,19H,2-5,9-10H2,1H3. The monoisotopic (exact) mass is 261 g/mol. The molecular weight excluding hydrogens is 241 g/mol. The molecule has 1 aromatic carbocycles. The summed E-state index contributed by atoms with van der Waals surface area (Å²) in [4.78, 5) is 0. The van der Waals surface area contributed by atoms with Gasteiger partial charge in [-0.2, -0.15) is 5.26 Å². The van der Waals surface area contributed by atoms with Crippen LogP contribution in [-0.4, -0.2) is 5.11 Å². The molecule has 1 fully saturated rings. The maximum Gasteiger partial charge on any atom is 0.123 e. The minimum Gasteiger partial charge on any atom is -0.384 e. The first-order chi connectivity index (χ1) is 9.02. The van der Waals surface area contributed by atoms with E-state index in [-0.39, 0.29) is 5.82 Å². The first-order valence-electron chi connectivity index (χ1n) is 6.91. The van der Waals surface area contributed by atoms with Crippen LogP contribution in [0.1, 0.15) is 51.0 Å².